The quantitative estimate of drug-likeness (QED) is 0.630. The van der Waals surface area contributed by atoms with Crippen LogP contribution in [-0.2, 0) is 14.8 Å². The molecule has 6 heteroatoms. The van der Waals surface area contributed by atoms with Crippen molar-refractivity contribution in [3.63, 3.8) is 0 Å². The highest BCUT2D eigenvalue weighted by molar-refractivity contribution is 7.88. The maximum atomic E-state index is 10.8. The van der Waals surface area contributed by atoms with Crippen LogP contribution in [0, 0.1) is 0 Å². The third-order valence-electron chi connectivity index (χ3n) is 2.30. The predicted octanol–water partition coefficient (Wildman–Crippen LogP) is -0.924. The minimum atomic E-state index is -3.24. The first-order valence-corrected chi connectivity index (χ1v) is 6.01. The van der Waals surface area contributed by atoms with Gasteiger partial charge in [-0.25, -0.2) is 13.1 Å². The zero-order valence-electron chi connectivity index (χ0n) is 7.78. The van der Waals surface area contributed by atoms with Gasteiger partial charge in [0.05, 0.1) is 12.4 Å². The summed E-state index contributed by atoms with van der Waals surface area (Å²) in [5.41, 5.74) is -1.05. The van der Waals surface area contributed by atoms with Gasteiger partial charge in [-0.05, 0) is 6.92 Å². The topological polar surface area (TPSA) is 75.6 Å². The number of aliphatic hydroxyl groups is 1. The molecule has 0 aliphatic carbocycles. The zero-order chi connectivity index (χ0) is 10.1. The van der Waals surface area contributed by atoms with Crippen LogP contribution in [0.3, 0.4) is 0 Å². The lowest BCUT2D eigenvalue weighted by molar-refractivity contribution is -0.0228. The first-order chi connectivity index (χ1) is 5.83. The fraction of sp³-hybridized carbons (Fsp3) is 1.00. The van der Waals surface area contributed by atoms with E-state index in [1.165, 1.54) is 0 Å². The van der Waals surface area contributed by atoms with Crippen LogP contribution in [0.5, 0.6) is 0 Å². The van der Waals surface area contributed by atoms with Gasteiger partial charge in [0.2, 0.25) is 10.0 Å². The van der Waals surface area contributed by atoms with Crippen molar-refractivity contribution in [2.24, 2.45) is 0 Å². The Morgan fingerprint density at radius 3 is 2.69 bits per heavy atom. The van der Waals surface area contributed by atoms with Crippen LogP contribution in [0.1, 0.15) is 13.3 Å². The van der Waals surface area contributed by atoms with Crippen molar-refractivity contribution in [1.82, 2.24) is 4.72 Å². The lowest BCUT2D eigenvalue weighted by atomic mass is 9.97. The van der Waals surface area contributed by atoms with Crippen LogP contribution in [0.25, 0.3) is 0 Å². The van der Waals surface area contributed by atoms with Crippen molar-refractivity contribution in [3.8, 4) is 0 Å². The molecule has 1 aliphatic heterocycles. The Balaban J connectivity index is 2.53. The number of hydrogen-bond donors (Lipinski definition) is 2. The van der Waals surface area contributed by atoms with Gasteiger partial charge in [-0.15, -0.1) is 0 Å². The van der Waals surface area contributed by atoms with Crippen molar-refractivity contribution < 1.29 is 18.3 Å². The molecular formula is C7H15NO4S. The summed E-state index contributed by atoms with van der Waals surface area (Å²) in [5.74, 6) is 0. The Bertz CT molecular complexity index is 276. The molecule has 78 valence electrons. The summed E-state index contributed by atoms with van der Waals surface area (Å²) in [4.78, 5) is 0. The molecule has 13 heavy (non-hydrogen) atoms. The molecular weight excluding hydrogens is 194 g/mol. The highest BCUT2D eigenvalue weighted by Crippen LogP contribution is 2.24. The smallest absolute Gasteiger partial charge is 0.208 e. The van der Waals surface area contributed by atoms with E-state index in [9.17, 15) is 13.5 Å². The summed E-state index contributed by atoms with van der Waals surface area (Å²) in [6, 6.07) is 0. The van der Waals surface area contributed by atoms with E-state index in [-0.39, 0.29) is 12.6 Å². The number of sulfonamides is 1. The molecule has 1 rings (SSSR count). The Kier molecular flexibility index (Phi) is 2.96. The summed E-state index contributed by atoms with van der Waals surface area (Å²) in [6.07, 6.45) is 1.22. The van der Waals surface area contributed by atoms with Gasteiger partial charge in [0.1, 0.15) is 5.60 Å². The molecule has 1 saturated heterocycles. The molecule has 0 aromatic heterocycles. The van der Waals surface area contributed by atoms with E-state index in [0.717, 1.165) is 6.26 Å². The molecule has 1 fully saturated rings. The van der Waals surface area contributed by atoms with Crippen molar-refractivity contribution in [1.29, 1.82) is 0 Å². The lowest BCUT2D eigenvalue weighted by Crippen LogP contribution is -2.47. The lowest BCUT2D eigenvalue weighted by Gasteiger charge is -2.25. The molecule has 0 bridgehead atoms. The first kappa shape index (κ1) is 10.9. The third kappa shape index (κ3) is 2.91. The fourth-order valence-corrected chi connectivity index (χ4v) is 1.77. The van der Waals surface area contributed by atoms with Crippen LogP contribution in [0.15, 0.2) is 0 Å². The average Bonchev–Trinajstić information content (AvgIpc) is 2.29. The second-order valence-corrected chi connectivity index (χ2v) is 5.29. The van der Waals surface area contributed by atoms with Crippen molar-refractivity contribution in [3.05, 3.63) is 0 Å². The Morgan fingerprint density at radius 1 is 1.69 bits per heavy atom. The molecule has 0 saturated carbocycles. The van der Waals surface area contributed by atoms with E-state index in [1.54, 1.807) is 6.92 Å². The Hall–Kier alpha value is -0.170. The van der Waals surface area contributed by atoms with Gasteiger partial charge in [0.25, 0.3) is 0 Å². The number of ether oxygens (including phenoxy) is 1. The van der Waals surface area contributed by atoms with Gasteiger partial charge in [0.15, 0.2) is 0 Å². The molecule has 5 nitrogen and oxygen atoms in total. The van der Waals surface area contributed by atoms with E-state index in [0.29, 0.717) is 13.0 Å². The Labute approximate surface area is 78.1 Å². The molecule has 1 heterocycles. The maximum Gasteiger partial charge on any atom is 0.208 e. The maximum absolute atomic E-state index is 10.8. The van der Waals surface area contributed by atoms with Crippen LogP contribution < -0.4 is 4.72 Å². The highest BCUT2D eigenvalue weighted by atomic mass is 32.2. The molecule has 0 radical (unpaired) electrons. The zero-order valence-corrected chi connectivity index (χ0v) is 8.60. The second kappa shape index (κ2) is 3.53. The van der Waals surface area contributed by atoms with Gasteiger partial charge in [0, 0.05) is 19.6 Å². The third-order valence-corrected chi connectivity index (χ3v) is 2.97. The van der Waals surface area contributed by atoms with E-state index in [2.05, 4.69) is 4.72 Å². The van der Waals surface area contributed by atoms with Crippen LogP contribution in [-0.4, -0.2) is 44.6 Å². The standard InChI is InChI=1S/C7H15NO4S/c1-6-7(9,3-4-12-6)5-8-13(2,10)11/h6,8-9H,3-5H2,1-2H3. The predicted molar refractivity (Wildman–Crippen MR) is 47.8 cm³/mol. The van der Waals surface area contributed by atoms with Crippen molar-refractivity contribution in [2.75, 3.05) is 19.4 Å². The molecule has 0 spiro atoms. The van der Waals surface area contributed by atoms with Crippen molar-refractivity contribution in [2.45, 2.75) is 25.0 Å². The van der Waals surface area contributed by atoms with Crippen LogP contribution in [0.2, 0.25) is 0 Å². The number of nitrogens with one attached hydrogen (secondary N) is 1. The van der Waals surface area contributed by atoms with Gasteiger partial charge in [-0.1, -0.05) is 0 Å². The molecule has 0 aromatic carbocycles. The van der Waals surface area contributed by atoms with Crippen LogP contribution in [0.4, 0.5) is 0 Å². The normalized spacial score (nSPS) is 35.2. The molecule has 0 amide bonds. The van der Waals surface area contributed by atoms with Crippen LogP contribution >= 0.6 is 0 Å². The summed E-state index contributed by atoms with van der Waals surface area (Å²) in [5, 5.41) is 9.87. The minimum Gasteiger partial charge on any atom is -0.386 e. The fourth-order valence-electron chi connectivity index (χ4n) is 1.26. The molecule has 2 atom stereocenters. The number of hydrogen-bond acceptors (Lipinski definition) is 4. The summed E-state index contributed by atoms with van der Waals surface area (Å²) in [7, 11) is -3.24. The van der Waals surface area contributed by atoms with E-state index >= 15 is 0 Å². The van der Waals surface area contributed by atoms with Gasteiger partial charge in [-0.3, -0.25) is 0 Å². The average molecular weight is 209 g/mol. The Morgan fingerprint density at radius 2 is 2.31 bits per heavy atom. The largest absolute Gasteiger partial charge is 0.386 e. The minimum absolute atomic E-state index is 0.0208. The van der Waals surface area contributed by atoms with E-state index in [4.69, 9.17) is 4.74 Å². The SMILES string of the molecule is CC1OCCC1(O)CNS(C)(=O)=O. The van der Waals surface area contributed by atoms with Crippen molar-refractivity contribution >= 4 is 10.0 Å². The molecule has 0 aromatic rings. The summed E-state index contributed by atoms with van der Waals surface area (Å²) < 4.78 is 29.0. The molecule has 2 unspecified atom stereocenters. The highest BCUT2D eigenvalue weighted by Gasteiger charge is 2.39. The molecule has 1 aliphatic rings. The second-order valence-electron chi connectivity index (χ2n) is 3.46. The van der Waals surface area contributed by atoms with Gasteiger partial charge < -0.3 is 9.84 Å². The van der Waals surface area contributed by atoms with Gasteiger partial charge >= 0.3 is 0 Å². The summed E-state index contributed by atoms with van der Waals surface area (Å²) in [6.45, 7) is 2.23. The summed E-state index contributed by atoms with van der Waals surface area (Å²) >= 11 is 0. The molecule has 2 N–H and O–H groups in total. The van der Waals surface area contributed by atoms with E-state index < -0.39 is 15.6 Å². The number of rotatable bonds is 3. The first-order valence-electron chi connectivity index (χ1n) is 4.12. The monoisotopic (exact) mass is 209 g/mol. The van der Waals surface area contributed by atoms with Gasteiger partial charge in [-0.2, -0.15) is 0 Å². The van der Waals surface area contributed by atoms with E-state index in [1.807, 2.05) is 0 Å².